The molecule has 0 bridgehead atoms. The Hall–Kier alpha value is -3.44. The Morgan fingerprint density at radius 3 is 2.08 bits per heavy atom. The molecule has 1 aliphatic rings. The third kappa shape index (κ3) is 8.79. The van der Waals surface area contributed by atoms with Gasteiger partial charge in [0.2, 0.25) is 11.8 Å². The van der Waals surface area contributed by atoms with Gasteiger partial charge in [0.15, 0.2) is 0 Å². The van der Waals surface area contributed by atoms with Crippen molar-refractivity contribution in [3.63, 3.8) is 0 Å². The molecule has 206 valence electrons. The van der Waals surface area contributed by atoms with E-state index in [9.17, 15) is 9.59 Å². The molecule has 1 fully saturated rings. The van der Waals surface area contributed by atoms with E-state index in [-0.39, 0.29) is 23.1 Å². The zero-order chi connectivity index (χ0) is 27.7. The van der Waals surface area contributed by atoms with Crippen molar-refractivity contribution in [2.24, 2.45) is 5.41 Å². The Balaban J connectivity index is 1.22. The van der Waals surface area contributed by atoms with E-state index in [0.29, 0.717) is 18.9 Å². The summed E-state index contributed by atoms with van der Waals surface area (Å²) in [5.41, 5.74) is 4.21. The maximum Gasteiger partial charge on any atom is 0.232 e. The van der Waals surface area contributed by atoms with Gasteiger partial charge in [0.1, 0.15) is 0 Å². The second-order valence-electron chi connectivity index (χ2n) is 11.9. The van der Waals surface area contributed by atoms with Gasteiger partial charge in [-0.25, -0.2) is 0 Å². The highest BCUT2D eigenvalue weighted by Gasteiger charge is 2.23. The molecule has 1 heterocycles. The Kier molecular flexibility index (Phi) is 9.94. The van der Waals surface area contributed by atoms with Crippen LogP contribution >= 0.6 is 0 Å². The number of rotatable bonds is 10. The van der Waals surface area contributed by atoms with Crippen molar-refractivity contribution in [2.45, 2.75) is 58.3 Å². The molecule has 0 atom stereocenters. The van der Waals surface area contributed by atoms with Gasteiger partial charge in [0.25, 0.3) is 0 Å². The minimum absolute atomic E-state index is 0.0250. The van der Waals surface area contributed by atoms with Crippen LogP contribution in [0.1, 0.15) is 75.0 Å². The Morgan fingerprint density at radius 2 is 1.49 bits per heavy atom. The van der Waals surface area contributed by atoms with Crippen LogP contribution in [0.15, 0.2) is 84.9 Å². The SMILES string of the molecule is CC(C)(C)CC(=O)Nc1cccc(C2CCN(CCCNC(=O)C(c3ccccc3)c3ccccc3)CC2)c1. The molecule has 3 aromatic rings. The van der Waals surface area contributed by atoms with Crippen molar-refractivity contribution >= 4 is 17.5 Å². The van der Waals surface area contributed by atoms with Crippen LogP contribution in [0.3, 0.4) is 0 Å². The van der Waals surface area contributed by atoms with E-state index in [1.165, 1.54) is 5.56 Å². The van der Waals surface area contributed by atoms with Crippen LogP contribution in [0.2, 0.25) is 0 Å². The minimum Gasteiger partial charge on any atom is -0.355 e. The number of carbonyl (C=O) groups excluding carboxylic acids is 2. The smallest absolute Gasteiger partial charge is 0.232 e. The largest absolute Gasteiger partial charge is 0.355 e. The number of nitrogens with one attached hydrogen (secondary N) is 2. The molecule has 0 spiro atoms. The van der Waals surface area contributed by atoms with E-state index in [1.807, 2.05) is 66.7 Å². The summed E-state index contributed by atoms with van der Waals surface area (Å²) in [6, 6.07) is 28.4. The molecular weight excluding hydrogens is 482 g/mol. The molecule has 0 saturated carbocycles. The molecule has 1 saturated heterocycles. The normalized spacial score (nSPS) is 14.8. The van der Waals surface area contributed by atoms with Crippen molar-refractivity contribution in [1.82, 2.24) is 10.2 Å². The number of anilines is 1. The molecule has 2 N–H and O–H groups in total. The highest BCUT2D eigenvalue weighted by Crippen LogP contribution is 2.30. The van der Waals surface area contributed by atoms with Crippen LogP contribution in [-0.4, -0.2) is 42.9 Å². The zero-order valence-electron chi connectivity index (χ0n) is 23.7. The van der Waals surface area contributed by atoms with E-state index in [1.54, 1.807) is 0 Å². The first kappa shape index (κ1) is 28.6. The summed E-state index contributed by atoms with van der Waals surface area (Å²) in [4.78, 5) is 28.1. The summed E-state index contributed by atoms with van der Waals surface area (Å²) in [7, 11) is 0. The van der Waals surface area contributed by atoms with E-state index in [0.717, 1.165) is 55.7 Å². The first-order chi connectivity index (χ1) is 18.8. The average Bonchev–Trinajstić information content (AvgIpc) is 2.92. The lowest BCUT2D eigenvalue weighted by molar-refractivity contribution is -0.121. The minimum atomic E-state index is -0.294. The van der Waals surface area contributed by atoms with Crippen molar-refractivity contribution in [1.29, 1.82) is 0 Å². The fourth-order valence-corrected chi connectivity index (χ4v) is 5.45. The summed E-state index contributed by atoms with van der Waals surface area (Å²) < 4.78 is 0. The van der Waals surface area contributed by atoms with Crippen molar-refractivity contribution in [3.05, 3.63) is 102 Å². The molecule has 4 rings (SSSR count). The van der Waals surface area contributed by atoms with E-state index in [4.69, 9.17) is 0 Å². The molecule has 0 radical (unpaired) electrons. The summed E-state index contributed by atoms with van der Waals surface area (Å²) in [5, 5.41) is 6.26. The highest BCUT2D eigenvalue weighted by molar-refractivity contribution is 5.91. The van der Waals surface area contributed by atoms with Crippen LogP contribution in [0.4, 0.5) is 5.69 Å². The molecule has 2 amide bonds. The number of piperidine rings is 1. The lowest BCUT2D eigenvalue weighted by Crippen LogP contribution is -2.36. The van der Waals surface area contributed by atoms with Crippen LogP contribution in [0, 0.1) is 5.41 Å². The summed E-state index contributed by atoms with van der Waals surface area (Å²) >= 11 is 0. The maximum absolute atomic E-state index is 13.2. The number of hydrogen-bond donors (Lipinski definition) is 2. The molecule has 0 aliphatic carbocycles. The third-order valence-electron chi connectivity index (χ3n) is 7.40. The van der Waals surface area contributed by atoms with Gasteiger partial charge < -0.3 is 15.5 Å². The molecular formula is C34H43N3O2. The summed E-state index contributed by atoms with van der Waals surface area (Å²) in [5.74, 6) is 0.344. The van der Waals surface area contributed by atoms with E-state index < -0.39 is 0 Å². The first-order valence-corrected chi connectivity index (χ1v) is 14.3. The molecule has 5 heteroatoms. The van der Waals surface area contributed by atoms with Crippen LogP contribution in [0.25, 0.3) is 0 Å². The number of benzene rings is 3. The van der Waals surface area contributed by atoms with Gasteiger partial charge in [0, 0.05) is 18.7 Å². The van der Waals surface area contributed by atoms with E-state index in [2.05, 4.69) is 54.5 Å². The van der Waals surface area contributed by atoms with Gasteiger partial charge >= 0.3 is 0 Å². The maximum atomic E-state index is 13.2. The topological polar surface area (TPSA) is 61.4 Å². The highest BCUT2D eigenvalue weighted by atomic mass is 16.2. The van der Waals surface area contributed by atoms with Gasteiger partial charge in [0.05, 0.1) is 5.92 Å². The molecule has 1 aliphatic heterocycles. The summed E-state index contributed by atoms with van der Waals surface area (Å²) in [6.45, 7) is 10.00. The van der Waals surface area contributed by atoms with Gasteiger partial charge in [-0.1, -0.05) is 93.6 Å². The quantitative estimate of drug-likeness (QED) is 0.294. The standard InChI is InChI=1S/C34H43N3O2/c1-34(2,3)25-31(38)36-30-17-10-16-29(24-30)26-18-22-37(23-19-26)21-11-20-35-33(39)32(27-12-6-4-7-13-27)28-14-8-5-9-15-28/h4-10,12-17,24,26,32H,11,18-23,25H2,1-3H3,(H,35,39)(H,36,38). The Bertz CT molecular complexity index is 1160. The summed E-state index contributed by atoms with van der Waals surface area (Å²) in [6.07, 6.45) is 3.66. The van der Waals surface area contributed by atoms with Crippen molar-refractivity contribution in [2.75, 3.05) is 31.5 Å². The predicted octanol–water partition coefficient (Wildman–Crippen LogP) is 6.58. The zero-order valence-corrected chi connectivity index (χ0v) is 23.7. The van der Waals surface area contributed by atoms with Gasteiger partial charge in [-0.3, -0.25) is 9.59 Å². The van der Waals surface area contributed by atoms with Crippen molar-refractivity contribution < 1.29 is 9.59 Å². The molecule has 0 aromatic heterocycles. The molecule has 0 unspecified atom stereocenters. The Morgan fingerprint density at radius 1 is 0.872 bits per heavy atom. The molecule has 39 heavy (non-hydrogen) atoms. The van der Waals surface area contributed by atoms with Gasteiger partial charge in [-0.2, -0.15) is 0 Å². The fraction of sp³-hybridized carbons (Fsp3) is 0.412. The number of amides is 2. The van der Waals surface area contributed by atoms with Crippen molar-refractivity contribution in [3.8, 4) is 0 Å². The van der Waals surface area contributed by atoms with Crippen LogP contribution in [0.5, 0.6) is 0 Å². The Labute approximate surface area is 234 Å². The lowest BCUT2D eigenvalue weighted by atomic mass is 9.89. The second kappa shape index (κ2) is 13.6. The predicted molar refractivity (Wildman–Crippen MR) is 160 cm³/mol. The number of likely N-dealkylation sites (tertiary alicyclic amines) is 1. The lowest BCUT2D eigenvalue weighted by Gasteiger charge is -2.32. The number of hydrogen-bond acceptors (Lipinski definition) is 3. The van der Waals surface area contributed by atoms with Crippen LogP contribution < -0.4 is 10.6 Å². The number of carbonyl (C=O) groups is 2. The molecule has 5 nitrogen and oxygen atoms in total. The van der Waals surface area contributed by atoms with Gasteiger partial charge in [-0.15, -0.1) is 0 Å². The third-order valence-corrected chi connectivity index (χ3v) is 7.40. The second-order valence-corrected chi connectivity index (χ2v) is 11.9. The van der Waals surface area contributed by atoms with Gasteiger partial charge in [-0.05, 0) is 79.1 Å². The number of nitrogens with zero attached hydrogens (tertiary/aromatic N) is 1. The van der Waals surface area contributed by atoms with Crippen LogP contribution in [-0.2, 0) is 9.59 Å². The fourth-order valence-electron chi connectivity index (χ4n) is 5.45. The monoisotopic (exact) mass is 525 g/mol. The average molecular weight is 526 g/mol. The molecule has 3 aromatic carbocycles. The first-order valence-electron chi connectivity index (χ1n) is 14.3. The van der Waals surface area contributed by atoms with E-state index >= 15 is 0 Å².